The molecule has 2 fully saturated rings. The van der Waals surface area contributed by atoms with Crippen LogP contribution in [-0.2, 0) is 14.4 Å². The van der Waals surface area contributed by atoms with Crippen molar-refractivity contribution in [2.24, 2.45) is 5.92 Å². The van der Waals surface area contributed by atoms with E-state index in [9.17, 15) is 23.2 Å². The van der Waals surface area contributed by atoms with Gasteiger partial charge < -0.3 is 10.4 Å². The van der Waals surface area contributed by atoms with Crippen LogP contribution in [0.5, 0.6) is 0 Å². The summed E-state index contributed by atoms with van der Waals surface area (Å²) >= 11 is 7.82. The number of thiophene rings is 1. The molecule has 2 amide bonds. The number of nitrogens with zero attached hydrogens (tertiary/aromatic N) is 1. The third-order valence-corrected chi connectivity index (χ3v) is 7.99. The monoisotopic (exact) mass is 522 g/mol. The van der Waals surface area contributed by atoms with Crippen molar-refractivity contribution in [2.45, 2.75) is 31.7 Å². The number of benzene rings is 1. The summed E-state index contributed by atoms with van der Waals surface area (Å²) in [4.78, 5) is 38.7. The number of aliphatic carboxylic acids is 1. The lowest BCUT2D eigenvalue weighted by Crippen LogP contribution is -2.37. The molecule has 6 nitrogen and oxygen atoms in total. The standard InChI is InChI=1S/C23H20F2N2O4S3/c24-17-4-2-12(9-18(17)25)14-8-16(33-11-14)10-19-21(29)27(23(32)34-19)6-5-20(28)26-15-3-1-13(7-15)22(30)31/h2,4,8-11,13,15H,1,3,5-7H2,(H,26,28)(H,30,31)/t13-,15?/m0/s1. The maximum Gasteiger partial charge on any atom is 0.306 e. The van der Waals surface area contributed by atoms with Gasteiger partial charge in [-0.3, -0.25) is 19.3 Å². The van der Waals surface area contributed by atoms with E-state index in [1.165, 1.54) is 22.3 Å². The highest BCUT2D eigenvalue weighted by atomic mass is 32.2. The van der Waals surface area contributed by atoms with Gasteiger partial charge in [0.05, 0.1) is 10.8 Å². The highest BCUT2D eigenvalue weighted by Crippen LogP contribution is 2.35. The van der Waals surface area contributed by atoms with Gasteiger partial charge in [-0.05, 0) is 60.0 Å². The zero-order valence-electron chi connectivity index (χ0n) is 17.8. The van der Waals surface area contributed by atoms with Gasteiger partial charge in [-0.2, -0.15) is 0 Å². The molecule has 2 aliphatic rings. The van der Waals surface area contributed by atoms with Crippen molar-refractivity contribution in [3.05, 3.63) is 51.1 Å². The Labute approximate surface area is 208 Å². The van der Waals surface area contributed by atoms with Crippen LogP contribution in [0.15, 0.2) is 34.6 Å². The summed E-state index contributed by atoms with van der Waals surface area (Å²) in [7, 11) is 0. The van der Waals surface area contributed by atoms with E-state index in [0.717, 1.165) is 28.8 Å². The summed E-state index contributed by atoms with van der Waals surface area (Å²) < 4.78 is 27.1. The van der Waals surface area contributed by atoms with E-state index in [1.54, 1.807) is 17.5 Å². The van der Waals surface area contributed by atoms with E-state index in [-0.39, 0.29) is 30.8 Å². The lowest BCUT2D eigenvalue weighted by molar-refractivity contribution is -0.141. The van der Waals surface area contributed by atoms with Crippen LogP contribution in [0.2, 0.25) is 0 Å². The fourth-order valence-electron chi connectivity index (χ4n) is 3.93. The molecular weight excluding hydrogens is 502 g/mol. The van der Waals surface area contributed by atoms with Crippen LogP contribution < -0.4 is 5.32 Å². The number of halogens is 2. The molecule has 34 heavy (non-hydrogen) atoms. The summed E-state index contributed by atoms with van der Waals surface area (Å²) in [5.74, 6) is -3.65. The van der Waals surface area contributed by atoms with E-state index in [1.807, 2.05) is 0 Å². The lowest BCUT2D eigenvalue weighted by Gasteiger charge is -2.16. The molecule has 1 unspecified atom stereocenters. The van der Waals surface area contributed by atoms with E-state index < -0.39 is 23.5 Å². The highest BCUT2D eigenvalue weighted by Gasteiger charge is 2.33. The van der Waals surface area contributed by atoms with Crippen LogP contribution in [-0.4, -0.2) is 44.7 Å². The summed E-state index contributed by atoms with van der Waals surface area (Å²) in [6.45, 7) is 0.132. The van der Waals surface area contributed by atoms with Crippen molar-refractivity contribution in [2.75, 3.05) is 6.54 Å². The van der Waals surface area contributed by atoms with Gasteiger partial charge in [0, 0.05) is 23.9 Å². The molecule has 2 N–H and O–H groups in total. The molecule has 4 rings (SSSR count). The SMILES string of the molecule is O=C(CCN1C(=O)C(=Cc2cc(-c3ccc(F)c(F)c3)cs2)SC1=S)NC1CC[C@H](C(=O)O)C1. The van der Waals surface area contributed by atoms with Gasteiger partial charge in [0.25, 0.3) is 5.91 Å². The molecule has 2 aromatic rings. The average Bonchev–Trinajstić information content (AvgIpc) is 3.50. The van der Waals surface area contributed by atoms with Crippen molar-refractivity contribution in [3.63, 3.8) is 0 Å². The Morgan fingerprint density at radius 2 is 2.00 bits per heavy atom. The molecule has 178 valence electrons. The fraction of sp³-hybridized carbons (Fsp3) is 0.304. The molecule has 1 aromatic carbocycles. The summed E-state index contributed by atoms with van der Waals surface area (Å²) in [6, 6.07) is 5.30. The van der Waals surface area contributed by atoms with Gasteiger partial charge in [0.2, 0.25) is 5.91 Å². The molecule has 11 heteroatoms. The molecular formula is C23H20F2N2O4S3. The number of carboxylic acid groups (broad SMARTS) is 1. The number of carboxylic acids is 1. The molecule has 1 saturated carbocycles. The number of amides is 2. The number of thiocarbonyl (C=S) groups is 1. The van der Waals surface area contributed by atoms with Crippen LogP contribution in [0.25, 0.3) is 17.2 Å². The normalized spacial score (nSPS) is 21.5. The van der Waals surface area contributed by atoms with Gasteiger partial charge in [-0.1, -0.05) is 30.0 Å². The number of rotatable bonds is 7. The minimum atomic E-state index is -0.926. The molecule has 0 bridgehead atoms. The second-order valence-electron chi connectivity index (χ2n) is 8.06. The van der Waals surface area contributed by atoms with Crippen LogP contribution in [0.3, 0.4) is 0 Å². The minimum Gasteiger partial charge on any atom is -0.481 e. The maximum atomic E-state index is 13.5. The molecule has 2 atom stereocenters. The third kappa shape index (κ3) is 5.53. The second-order valence-corrected chi connectivity index (χ2v) is 10.7. The quantitative estimate of drug-likeness (QED) is 0.407. The van der Waals surface area contributed by atoms with Gasteiger partial charge in [0.15, 0.2) is 11.6 Å². The van der Waals surface area contributed by atoms with E-state index in [4.69, 9.17) is 17.3 Å². The lowest BCUT2D eigenvalue weighted by atomic mass is 10.1. The van der Waals surface area contributed by atoms with E-state index >= 15 is 0 Å². The molecule has 1 aliphatic carbocycles. The van der Waals surface area contributed by atoms with Crippen molar-refractivity contribution in [3.8, 4) is 11.1 Å². The van der Waals surface area contributed by atoms with Crippen molar-refractivity contribution in [1.82, 2.24) is 10.2 Å². The number of nitrogens with one attached hydrogen (secondary N) is 1. The second kappa shape index (κ2) is 10.3. The predicted molar refractivity (Wildman–Crippen MR) is 131 cm³/mol. The molecule has 0 radical (unpaired) electrons. The zero-order chi connectivity index (χ0) is 24.4. The first kappa shape index (κ1) is 24.5. The van der Waals surface area contributed by atoms with Crippen molar-refractivity contribution < 1.29 is 28.3 Å². The largest absolute Gasteiger partial charge is 0.481 e. The van der Waals surface area contributed by atoms with Crippen molar-refractivity contribution in [1.29, 1.82) is 0 Å². The Kier molecular flexibility index (Phi) is 7.44. The highest BCUT2D eigenvalue weighted by molar-refractivity contribution is 8.26. The molecule has 2 heterocycles. The van der Waals surface area contributed by atoms with Gasteiger partial charge in [-0.25, -0.2) is 8.78 Å². The maximum absolute atomic E-state index is 13.5. The Balaban J connectivity index is 1.34. The summed E-state index contributed by atoms with van der Waals surface area (Å²) in [5.41, 5.74) is 1.24. The molecule has 1 aromatic heterocycles. The van der Waals surface area contributed by atoms with Crippen LogP contribution >= 0.6 is 35.3 Å². The topological polar surface area (TPSA) is 86.7 Å². The Morgan fingerprint density at radius 1 is 1.21 bits per heavy atom. The summed E-state index contributed by atoms with van der Waals surface area (Å²) in [6.07, 6.45) is 3.34. The Hall–Kier alpha value is -2.63. The van der Waals surface area contributed by atoms with Crippen LogP contribution in [0.1, 0.15) is 30.6 Å². The van der Waals surface area contributed by atoms with Crippen LogP contribution in [0.4, 0.5) is 8.78 Å². The van der Waals surface area contributed by atoms with Gasteiger partial charge in [0.1, 0.15) is 4.32 Å². The first-order valence-electron chi connectivity index (χ1n) is 10.5. The smallest absolute Gasteiger partial charge is 0.306 e. The summed E-state index contributed by atoms with van der Waals surface area (Å²) in [5, 5.41) is 13.7. The van der Waals surface area contributed by atoms with E-state index in [2.05, 4.69) is 5.32 Å². The zero-order valence-corrected chi connectivity index (χ0v) is 20.2. The number of carbonyl (C=O) groups is 3. The Bertz CT molecular complexity index is 1200. The predicted octanol–water partition coefficient (Wildman–Crippen LogP) is 4.65. The number of carbonyl (C=O) groups excluding carboxylic acids is 2. The van der Waals surface area contributed by atoms with Gasteiger partial charge in [-0.15, -0.1) is 11.3 Å². The van der Waals surface area contributed by atoms with Crippen molar-refractivity contribution >= 4 is 63.5 Å². The average molecular weight is 523 g/mol. The first-order valence-corrected chi connectivity index (χ1v) is 12.6. The minimum absolute atomic E-state index is 0.0627. The Morgan fingerprint density at radius 3 is 2.71 bits per heavy atom. The van der Waals surface area contributed by atoms with Crippen LogP contribution in [0, 0.1) is 17.6 Å². The molecule has 0 spiro atoms. The third-order valence-electron chi connectivity index (χ3n) is 5.73. The number of thioether (sulfide) groups is 1. The number of hydrogen-bond acceptors (Lipinski definition) is 6. The molecule has 1 saturated heterocycles. The van der Waals surface area contributed by atoms with E-state index in [0.29, 0.717) is 39.6 Å². The molecule has 1 aliphatic heterocycles. The number of hydrogen-bond donors (Lipinski definition) is 2. The van der Waals surface area contributed by atoms with Gasteiger partial charge >= 0.3 is 5.97 Å². The fourth-order valence-corrected chi connectivity index (χ4v) is 6.15. The first-order chi connectivity index (χ1) is 16.2.